The van der Waals surface area contributed by atoms with Crippen LogP contribution in [0.1, 0.15) is 34.3 Å². The highest BCUT2D eigenvalue weighted by atomic mass is 19.1. The Hall–Kier alpha value is -2.60. The fourth-order valence-electron chi connectivity index (χ4n) is 2.16. The molecule has 2 N–H and O–H groups in total. The molecule has 0 saturated heterocycles. The number of aliphatic hydroxyl groups is 1. The lowest BCUT2D eigenvalue weighted by Crippen LogP contribution is -2.23. The molecule has 0 unspecified atom stereocenters. The Morgan fingerprint density at radius 2 is 1.71 bits per heavy atom. The number of benzene rings is 2. The Morgan fingerprint density at radius 1 is 1.00 bits per heavy atom. The molecule has 126 valence electrons. The lowest BCUT2D eigenvalue weighted by Gasteiger charge is -2.07. The highest BCUT2D eigenvalue weighted by Gasteiger charge is 2.10. The van der Waals surface area contributed by atoms with Crippen molar-refractivity contribution in [2.24, 2.45) is 0 Å². The van der Waals surface area contributed by atoms with Gasteiger partial charge in [0.2, 0.25) is 5.91 Å². The van der Waals surface area contributed by atoms with Crippen LogP contribution in [0.5, 0.6) is 0 Å². The number of halogens is 2. The summed E-state index contributed by atoms with van der Waals surface area (Å²) in [6.07, 6.45) is 0.0209. The van der Waals surface area contributed by atoms with E-state index in [9.17, 15) is 18.4 Å². The van der Waals surface area contributed by atoms with E-state index in [2.05, 4.69) is 5.32 Å². The monoisotopic (exact) mass is 333 g/mol. The van der Waals surface area contributed by atoms with Crippen molar-refractivity contribution >= 4 is 11.7 Å². The van der Waals surface area contributed by atoms with E-state index in [0.29, 0.717) is 11.1 Å². The maximum Gasteiger partial charge on any atom is 0.220 e. The van der Waals surface area contributed by atoms with Crippen molar-refractivity contribution < 1.29 is 23.5 Å². The van der Waals surface area contributed by atoms with Gasteiger partial charge in [-0.2, -0.15) is 0 Å². The molecule has 0 radical (unpaired) electrons. The molecule has 2 rings (SSSR count). The molecule has 1 amide bonds. The van der Waals surface area contributed by atoms with E-state index < -0.39 is 18.2 Å². The van der Waals surface area contributed by atoms with Gasteiger partial charge in [-0.15, -0.1) is 0 Å². The molecule has 0 spiro atoms. The number of carbonyl (C=O) groups excluding carboxylic acids is 2. The SMILES string of the molecule is O=C(CCC(=O)c1ccc(F)cc1)NCc1ccc(F)c(CO)c1. The Bertz CT molecular complexity index is 730. The van der Waals surface area contributed by atoms with Gasteiger partial charge in [0, 0.05) is 30.5 Å². The van der Waals surface area contributed by atoms with Gasteiger partial charge in [-0.05, 0) is 42.0 Å². The molecule has 0 aliphatic heterocycles. The minimum atomic E-state index is -0.502. The fraction of sp³-hybridized carbons (Fsp3) is 0.222. The van der Waals surface area contributed by atoms with Crippen molar-refractivity contribution in [3.8, 4) is 0 Å². The summed E-state index contributed by atoms with van der Waals surface area (Å²) in [5.41, 5.74) is 1.17. The topological polar surface area (TPSA) is 66.4 Å². The van der Waals surface area contributed by atoms with Crippen LogP contribution in [0.2, 0.25) is 0 Å². The van der Waals surface area contributed by atoms with Gasteiger partial charge >= 0.3 is 0 Å². The third-order valence-corrected chi connectivity index (χ3v) is 3.52. The zero-order chi connectivity index (χ0) is 17.5. The molecule has 24 heavy (non-hydrogen) atoms. The number of Topliss-reactive ketones (excluding diaryl/α,β-unsaturated/α-hetero) is 1. The van der Waals surface area contributed by atoms with Gasteiger partial charge in [0.05, 0.1) is 6.61 Å². The minimum absolute atomic E-state index is 0.00423. The second-order valence-electron chi connectivity index (χ2n) is 5.29. The Balaban J connectivity index is 1.81. The van der Waals surface area contributed by atoms with Crippen molar-refractivity contribution in [2.45, 2.75) is 26.0 Å². The first-order valence-electron chi connectivity index (χ1n) is 7.43. The van der Waals surface area contributed by atoms with Gasteiger partial charge < -0.3 is 10.4 Å². The minimum Gasteiger partial charge on any atom is -0.392 e. The van der Waals surface area contributed by atoms with Gasteiger partial charge in [-0.25, -0.2) is 8.78 Å². The van der Waals surface area contributed by atoms with Crippen LogP contribution in [0.3, 0.4) is 0 Å². The molecule has 6 heteroatoms. The predicted molar refractivity (Wildman–Crippen MR) is 84.1 cm³/mol. The fourth-order valence-corrected chi connectivity index (χ4v) is 2.16. The Labute approximate surface area is 138 Å². The van der Waals surface area contributed by atoms with Gasteiger partial charge in [0.25, 0.3) is 0 Å². The van der Waals surface area contributed by atoms with Gasteiger partial charge in [0.1, 0.15) is 11.6 Å². The number of aliphatic hydroxyl groups excluding tert-OH is 1. The average Bonchev–Trinajstić information content (AvgIpc) is 2.59. The zero-order valence-corrected chi connectivity index (χ0v) is 12.9. The van der Waals surface area contributed by atoms with Crippen molar-refractivity contribution in [2.75, 3.05) is 0 Å². The molecule has 0 fully saturated rings. The van der Waals surface area contributed by atoms with E-state index in [0.717, 1.165) is 0 Å². The second kappa shape index (κ2) is 8.31. The van der Waals surface area contributed by atoms with Gasteiger partial charge in [0.15, 0.2) is 5.78 Å². The smallest absolute Gasteiger partial charge is 0.220 e. The highest BCUT2D eigenvalue weighted by Crippen LogP contribution is 2.11. The standard InChI is InChI=1S/C18H17F2NO3/c19-15-4-2-13(3-5-15)17(23)7-8-18(24)21-10-12-1-6-16(20)14(9-12)11-22/h1-6,9,22H,7-8,10-11H2,(H,21,24). The largest absolute Gasteiger partial charge is 0.392 e. The summed E-state index contributed by atoms with van der Waals surface area (Å²) in [5, 5.41) is 11.6. The lowest BCUT2D eigenvalue weighted by atomic mass is 10.1. The quantitative estimate of drug-likeness (QED) is 0.766. The summed E-state index contributed by atoms with van der Waals surface area (Å²) in [5.74, 6) is -1.49. The van der Waals surface area contributed by atoms with E-state index >= 15 is 0 Å². The maximum absolute atomic E-state index is 13.3. The number of carbonyl (C=O) groups is 2. The van der Waals surface area contributed by atoms with Crippen LogP contribution in [-0.2, 0) is 17.9 Å². The van der Waals surface area contributed by atoms with E-state index in [1.807, 2.05) is 0 Å². The highest BCUT2D eigenvalue weighted by molar-refractivity contribution is 5.97. The molecule has 0 aliphatic carbocycles. The molecule has 0 heterocycles. The lowest BCUT2D eigenvalue weighted by molar-refractivity contribution is -0.121. The number of hydrogen-bond donors (Lipinski definition) is 2. The summed E-state index contributed by atoms with van der Waals surface area (Å²) in [6, 6.07) is 9.36. The average molecular weight is 333 g/mol. The number of rotatable bonds is 7. The normalized spacial score (nSPS) is 10.5. The van der Waals surface area contributed by atoms with Crippen molar-refractivity contribution in [1.29, 1.82) is 0 Å². The maximum atomic E-state index is 13.3. The van der Waals surface area contributed by atoms with Crippen LogP contribution in [0, 0.1) is 11.6 Å². The second-order valence-corrected chi connectivity index (χ2v) is 5.29. The first-order chi connectivity index (χ1) is 11.5. The van der Waals surface area contributed by atoms with E-state index in [1.165, 1.54) is 42.5 Å². The van der Waals surface area contributed by atoms with Gasteiger partial charge in [-0.1, -0.05) is 6.07 Å². The predicted octanol–water partition coefficient (Wildman–Crippen LogP) is 2.74. The molecule has 0 bridgehead atoms. The summed E-state index contributed by atoms with van der Waals surface area (Å²) in [7, 11) is 0. The van der Waals surface area contributed by atoms with Gasteiger partial charge in [-0.3, -0.25) is 9.59 Å². The van der Waals surface area contributed by atoms with Crippen LogP contribution >= 0.6 is 0 Å². The zero-order valence-electron chi connectivity index (χ0n) is 12.9. The van der Waals surface area contributed by atoms with Crippen molar-refractivity contribution in [1.82, 2.24) is 5.32 Å². The van der Waals surface area contributed by atoms with E-state index in [-0.39, 0.29) is 36.6 Å². The third-order valence-electron chi connectivity index (χ3n) is 3.52. The molecule has 0 atom stereocenters. The molecule has 0 aliphatic rings. The third kappa shape index (κ3) is 4.96. The molecule has 2 aromatic carbocycles. The summed E-state index contributed by atoms with van der Waals surface area (Å²) in [6.45, 7) is -0.239. The first kappa shape index (κ1) is 17.7. The molecular weight excluding hydrogens is 316 g/mol. The number of hydrogen-bond acceptors (Lipinski definition) is 3. The Kier molecular flexibility index (Phi) is 6.14. The molecule has 0 aromatic heterocycles. The molecule has 4 nitrogen and oxygen atoms in total. The van der Waals surface area contributed by atoms with Crippen molar-refractivity contribution in [3.63, 3.8) is 0 Å². The summed E-state index contributed by atoms with van der Waals surface area (Å²) < 4.78 is 26.0. The van der Waals surface area contributed by atoms with Crippen LogP contribution in [0.25, 0.3) is 0 Å². The molecule has 0 saturated carbocycles. The first-order valence-corrected chi connectivity index (χ1v) is 7.43. The summed E-state index contributed by atoms with van der Waals surface area (Å²) in [4.78, 5) is 23.7. The summed E-state index contributed by atoms with van der Waals surface area (Å²) >= 11 is 0. The van der Waals surface area contributed by atoms with Crippen LogP contribution in [-0.4, -0.2) is 16.8 Å². The molecular formula is C18H17F2NO3. The molecule has 2 aromatic rings. The van der Waals surface area contributed by atoms with Crippen LogP contribution in [0.4, 0.5) is 8.78 Å². The number of nitrogens with one attached hydrogen (secondary N) is 1. The number of amides is 1. The van der Waals surface area contributed by atoms with E-state index in [4.69, 9.17) is 5.11 Å². The Morgan fingerprint density at radius 3 is 2.38 bits per heavy atom. The van der Waals surface area contributed by atoms with Crippen LogP contribution < -0.4 is 5.32 Å². The van der Waals surface area contributed by atoms with Crippen LogP contribution in [0.15, 0.2) is 42.5 Å². The van der Waals surface area contributed by atoms with Crippen molar-refractivity contribution in [3.05, 3.63) is 70.8 Å². The number of ketones is 1. The van der Waals surface area contributed by atoms with E-state index in [1.54, 1.807) is 0 Å².